The molecule has 2 rings (SSSR count). The van der Waals surface area contributed by atoms with E-state index in [1.54, 1.807) is 21.0 Å². The van der Waals surface area contributed by atoms with E-state index in [0.717, 1.165) is 0 Å². The van der Waals surface area contributed by atoms with E-state index < -0.39 is 84.4 Å². The third kappa shape index (κ3) is 14.5. The number of likely N-dealkylation sites (N-methyl/N-ethyl adjacent to an activating group) is 1. The van der Waals surface area contributed by atoms with Gasteiger partial charge < -0.3 is 46.4 Å². The monoisotopic (exact) mass is 821 g/mol. The van der Waals surface area contributed by atoms with Gasteiger partial charge in [0.1, 0.15) is 42.3 Å². The predicted octanol–water partition coefficient (Wildman–Crippen LogP) is 0.677. The van der Waals surface area contributed by atoms with Gasteiger partial charge >= 0.3 is 0 Å². The minimum absolute atomic E-state index is 0.0753. The predicted molar refractivity (Wildman–Crippen MR) is 218 cm³/mol. The quantitative estimate of drug-likeness (QED) is 0.0956. The van der Waals surface area contributed by atoms with Crippen LogP contribution in [0.4, 0.5) is 0 Å². The number of nitrogens with zero attached hydrogens (tertiary/aromatic N) is 3. The smallest absolute Gasteiger partial charge is 0.246 e. The van der Waals surface area contributed by atoms with Crippen molar-refractivity contribution >= 4 is 47.3 Å². The van der Waals surface area contributed by atoms with Crippen molar-refractivity contribution in [1.29, 1.82) is 0 Å². The normalized spacial score (nSPS) is 19.8. The number of hydrogen-bond donors (Lipinski definition) is 6. The highest BCUT2D eigenvalue weighted by Crippen LogP contribution is 2.23. The van der Waals surface area contributed by atoms with E-state index >= 15 is 0 Å². The van der Waals surface area contributed by atoms with Gasteiger partial charge in [0.2, 0.25) is 47.3 Å². The lowest BCUT2D eigenvalue weighted by Gasteiger charge is -2.33. The number of carbonyl (C=O) groups is 8. The van der Waals surface area contributed by atoms with Gasteiger partial charge in [0.15, 0.2) is 0 Å². The van der Waals surface area contributed by atoms with Gasteiger partial charge in [0, 0.05) is 34.1 Å². The highest BCUT2D eigenvalue weighted by atomic mass is 16.3. The van der Waals surface area contributed by atoms with Crippen molar-refractivity contribution in [2.45, 2.75) is 156 Å². The molecule has 0 aromatic rings. The van der Waals surface area contributed by atoms with E-state index in [4.69, 9.17) is 0 Å². The first kappa shape index (κ1) is 49.9. The number of likely N-dealkylation sites (tertiary alicyclic amines) is 2. The summed E-state index contributed by atoms with van der Waals surface area (Å²) >= 11 is 0. The highest BCUT2D eigenvalue weighted by Gasteiger charge is 2.42. The molecule has 2 aliphatic rings. The van der Waals surface area contributed by atoms with Crippen LogP contribution < -0.4 is 26.6 Å². The van der Waals surface area contributed by atoms with Crippen LogP contribution in [0.25, 0.3) is 0 Å². The lowest BCUT2D eigenvalue weighted by Crippen LogP contribution is -2.61. The molecule has 0 unspecified atom stereocenters. The standard InChI is InChI=1S/C41H72N8O9/c1-12-26(8)34(41(58)49-18-14-16-33(49)38(55)44-29(20-24(4)5)39(56)47(10)11)46-36(53)31(22-50)45-35(52)28(19-23(2)3)43-37(54)32-15-13-17-48(32)40(57)30(21-25(6)7)42-27(9)51/h23-26,28-34,50H,12-22H2,1-11H3,(H,42,51)(H,43,54)(H,44,55)(H,45,52)(H,46,53)/t26-,28-,29-,30-,31-,32-,33-,34-/m0/s1. The van der Waals surface area contributed by atoms with E-state index in [2.05, 4.69) is 26.6 Å². The zero-order chi connectivity index (χ0) is 44.0. The lowest BCUT2D eigenvalue weighted by atomic mass is 9.96. The molecule has 17 nitrogen and oxygen atoms in total. The van der Waals surface area contributed by atoms with Crippen LogP contribution in [-0.4, -0.2) is 143 Å². The summed E-state index contributed by atoms with van der Waals surface area (Å²) in [7, 11) is 3.23. The van der Waals surface area contributed by atoms with Crippen molar-refractivity contribution in [2.24, 2.45) is 23.7 Å². The molecule has 6 N–H and O–H groups in total. The van der Waals surface area contributed by atoms with Gasteiger partial charge in [-0.3, -0.25) is 38.4 Å². The zero-order valence-corrected chi connectivity index (χ0v) is 36.7. The second-order valence-electron chi connectivity index (χ2n) is 17.5. The largest absolute Gasteiger partial charge is 0.394 e. The molecule has 0 saturated carbocycles. The summed E-state index contributed by atoms with van der Waals surface area (Å²) in [5.74, 6) is -4.26. The molecular weight excluding hydrogens is 748 g/mol. The third-order valence-electron chi connectivity index (χ3n) is 10.8. The van der Waals surface area contributed by atoms with Crippen LogP contribution in [-0.2, 0) is 38.4 Å². The fourth-order valence-corrected chi connectivity index (χ4v) is 7.57. The second kappa shape index (κ2) is 23.3. The van der Waals surface area contributed by atoms with Crippen molar-refractivity contribution in [3.05, 3.63) is 0 Å². The van der Waals surface area contributed by atoms with Crippen LogP contribution in [0.3, 0.4) is 0 Å². The molecule has 0 aromatic carbocycles. The van der Waals surface area contributed by atoms with Gasteiger partial charge in [-0.05, 0) is 68.6 Å². The minimum atomic E-state index is -1.48. The lowest BCUT2D eigenvalue weighted by molar-refractivity contribution is -0.144. The van der Waals surface area contributed by atoms with Gasteiger partial charge in [-0.1, -0.05) is 61.8 Å². The molecule has 17 heteroatoms. The summed E-state index contributed by atoms with van der Waals surface area (Å²) in [6.07, 6.45) is 3.32. The Hall–Kier alpha value is -4.28. The molecule has 0 aromatic heterocycles. The topological polar surface area (TPSA) is 227 Å². The molecule has 0 spiro atoms. The Bertz CT molecular complexity index is 1450. The summed E-state index contributed by atoms with van der Waals surface area (Å²) < 4.78 is 0. The highest BCUT2D eigenvalue weighted by molar-refractivity contribution is 5.98. The van der Waals surface area contributed by atoms with Gasteiger partial charge in [-0.25, -0.2) is 0 Å². The van der Waals surface area contributed by atoms with Crippen molar-refractivity contribution in [1.82, 2.24) is 41.3 Å². The van der Waals surface area contributed by atoms with E-state index in [1.807, 2.05) is 48.5 Å². The summed E-state index contributed by atoms with van der Waals surface area (Å²) in [5, 5.41) is 23.9. The maximum absolute atomic E-state index is 14.1. The maximum Gasteiger partial charge on any atom is 0.246 e. The molecule has 8 amide bonds. The Kier molecular flexibility index (Phi) is 20.1. The summed E-state index contributed by atoms with van der Waals surface area (Å²) in [6.45, 7) is 16.2. The number of hydrogen-bond acceptors (Lipinski definition) is 9. The van der Waals surface area contributed by atoms with Crippen LogP contribution >= 0.6 is 0 Å². The number of nitrogens with one attached hydrogen (secondary N) is 5. The molecule has 8 atom stereocenters. The van der Waals surface area contributed by atoms with E-state index in [-0.39, 0.29) is 48.4 Å². The number of carbonyl (C=O) groups excluding carboxylic acids is 8. The Morgan fingerprint density at radius 1 is 0.621 bits per heavy atom. The van der Waals surface area contributed by atoms with Crippen LogP contribution in [0.1, 0.15) is 114 Å². The van der Waals surface area contributed by atoms with Crippen LogP contribution in [0.5, 0.6) is 0 Å². The van der Waals surface area contributed by atoms with E-state index in [9.17, 15) is 43.5 Å². The van der Waals surface area contributed by atoms with Crippen LogP contribution in [0, 0.1) is 23.7 Å². The summed E-state index contributed by atoms with van der Waals surface area (Å²) in [4.78, 5) is 112. The number of rotatable bonds is 21. The first-order chi connectivity index (χ1) is 27.1. The first-order valence-electron chi connectivity index (χ1n) is 21.0. The fraction of sp³-hybridized carbons (Fsp3) is 0.805. The van der Waals surface area contributed by atoms with Gasteiger partial charge in [-0.15, -0.1) is 0 Å². The summed E-state index contributed by atoms with van der Waals surface area (Å²) in [5.41, 5.74) is 0. The fourth-order valence-electron chi connectivity index (χ4n) is 7.57. The Morgan fingerprint density at radius 2 is 1.07 bits per heavy atom. The Morgan fingerprint density at radius 3 is 1.52 bits per heavy atom. The third-order valence-corrected chi connectivity index (χ3v) is 10.8. The number of aliphatic hydroxyl groups excluding tert-OH is 1. The molecule has 2 saturated heterocycles. The molecular formula is C41H72N8O9. The second-order valence-corrected chi connectivity index (χ2v) is 17.5. The molecule has 330 valence electrons. The number of amides is 8. The Balaban J connectivity index is 2.23. The zero-order valence-electron chi connectivity index (χ0n) is 36.7. The van der Waals surface area contributed by atoms with Gasteiger partial charge in [0.25, 0.3) is 0 Å². The van der Waals surface area contributed by atoms with E-state index in [0.29, 0.717) is 51.5 Å². The molecule has 0 aliphatic carbocycles. The maximum atomic E-state index is 14.1. The average Bonchev–Trinajstić information content (AvgIpc) is 3.84. The van der Waals surface area contributed by atoms with Gasteiger partial charge in [0.05, 0.1) is 6.61 Å². The molecule has 0 radical (unpaired) electrons. The Labute approximate surface area is 344 Å². The van der Waals surface area contributed by atoms with Crippen molar-refractivity contribution in [2.75, 3.05) is 33.8 Å². The van der Waals surface area contributed by atoms with Crippen molar-refractivity contribution in [3.8, 4) is 0 Å². The molecule has 0 bridgehead atoms. The molecule has 2 fully saturated rings. The first-order valence-corrected chi connectivity index (χ1v) is 21.0. The molecule has 2 aliphatic heterocycles. The van der Waals surface area contributed by atoms with Crippen molar-refractivity contribution in [3.63, 3.8) is 0 Å². The number of aliphatic hydroxyl groups is 1. The van der Waals surface area contributed by atoms with Crippen LogP contribution in [0.15, 0.2) is 0 Å². The van der Waals surface area contributed by atoms with E-state index in [1.165, 1.54) is 21.6 Å². The molecule has 2 heterocycles. The SMILES string of the molecule is CC[C@H](C)[C@H](NC(=O)[C@H](CO)NC(=O)[C@H](CC(C)C)NC(=O)[C@@H]1CCCN1C(=O)[C@H](CC(C)C)NC(C)=O)C(=O)N1CCC[C@H]1C(=O)N[C@@H](CC(C)C)C(=O)N(C)C. The van der Waals surface area contributed by atoms with Crippen molar-refractivity contribution < 1.29 is 43.5 Å². The molecule has 58 heavy (non-hydrogen) atoms. The minimum Gasteiger partial charge on any atom is -0.394 e. The average molecular weight is 821 g/mol. The van der Waals surface area contributed by atoms with Gasteiger partial charge in [-0.2, -0.15) is 0 Å². The summed E-state index contributed by atoms with van der Waals surface area (Å²) in [6, 6.07) is -6.99. The van der Waals surface area contributed by atoms with Crippen LogP contribution in [0.2, 0.25) is 0 Å².